The monoisotopic (exact) mass is 210 g/mol. The van der Waals surface area contributed by atoms with E-state index < -0.39 is 0 Å². The molecule has 1 fully saturated rings. The molecule has 2 rings (SSSR count). The second-order valence-electron chi connectivity index (χ2n) is 4.91. The number of rotatable bonds is 3. The van der Waals surface area contributed by atoms with E-state index in [1.54, 1.807) is 0 Å². The summed E-state index contributed by atoms with van der Waals surface area (Å²) < 4.78 is 5.93. The van der Waals surface area contributed by atoms with Crippen LogP contribution >= 0.6 is 0 Å². The molecule has 2 aliphatic carbocycles. The molecule has 86 valence electrons. The van der Waals surface area contributed by atoms with E-state index in [1.807, 2.05) is 0 Å². The lowest BCUT2D eigenvalue weighted by atomic mass is 9.93. The Morgan fingerprint density at radius 1 is 1.07 bits per heavy atom. The summed E-state index contributed by atoms with van der Waals surface area (Å²) in [6.45, 7) is 0.922. The highest BCUT2D eigenvalue weighted by atomic mass is 16.5. The molecule has 15 heavy (non-hydrogen) atoms. The maximum atomic E-state index is 9.38. The molecular formula is C13H22O2. The average Bonchev–Trinajstić information content (AvgIpc) is 2.30. The number of ether oxygens (including phenoxy) is 1. The van der Waals surface area contributed by atoms with Gasteiger partial charge in [-0.2, -0.15) is 0 Å². The molecule has 1 saturated carbocycles. The summed E-state index contributed by atoms with van der Waals surface area (Å²) in [5, 5.41) is 9.38. The van der Waals surface area contributed by atoms with Crippen molar-refractivity contribution in [2.24, 2.45) is 5.92 Å². The van der Waals surface area contributed by atoms with E-state index in [-0.39, 0.29) is 6.10 Å². The van der Waals surface area contributed by atoms with Crippen LogP contribution in [0.5, 0.6) is 0 Å². The van der Waals surface area contributed by atoms with Gasteiger partial charge in [0.25, 0.3) is 0 Å². The van der Waals surface area contributed by atoms with Crippen molar-refractivity contribution >= 4 is 0 Å². The minimum absolute atomic E-state index is 0.0672. The first-order valence-electron chi connectivity index (χ1n) is 6.29. The predicted octanol–water partition coefficient (Wildman–Crippen LogP) is 2.66. The SMILES string of the molecule is OC1CCC(OCC2CC=CCC2)CC1. The molecule has 1 unspecified atom stereocenters. The molecule has 0 bridgehead atoms. The van der Waals surface area contributed by atoms with Crippen LogP contribution in [0.1, 0.15) is 44.9 Å². The lowest BCUT2D eigenvalue weighted by molar-refractivity contribution is -0.0184. The Morgan fingerprint density at radius 2 is 1.87 bits per heavy atom. The molecular weight excluding hydrogens is 188 g/mol. The summed E-state index contributed by atoms with van der Waals surface area (Å²) in [7, 11) is 0. The summed E-state index contributed by atoms with van der Waals surface area (Å²) in [5.74, 6) is 0.738. The smallest absolute Gasteiger partial charge is 0.0577 e. The van der Waals surface area contributed by atoms with Crippen LogP contribution in [0.2, 0.25) is 0 Å². The zero-order valence-electron chi connectivity index (χ0n) is 9.40. The molecule has 2 nitrogen and oxygen atoms in total. The molecule has 1 N–H and O–H groups in total. The molecule has 0 aromatic rings. The Bertz CT molecular complexity index is 205. The third-order valence-electron chi connectivity index (χ3n) is 3.59. The number of allylic oxidation sites excluding steroid dienone is 2. The highest BCUT2D eigenvalue weighted by Gasteiger charge is 2.21. The Morgan fingerprint density at radius 3 is 2.53 bits per heavy atom. The Balaban J connectivity index is 1.63. The Hall–Kier alpha value is -0.340. The lowest BCUT2D eigenvalue weighted by Gasteiger charge is -2.27. The highest BCUT2D eigenvalue weighted by molar-refractivity contribution is 4.90. The van der Waals surface area contributed by atoms with E-state index >= 15 is 0 Å². The van der Waals surface area contributed by atoms with Gasteiger partial charge in [-0.05, 0) is 50.9 Å². The number of hydrogen-bond acceptors (Lipinski definition) is 2. The zero-order chi connectivity index (χ0) is 10.5. The Labute approximate surface area is 92.3 Å². The van der Waals surface area contributed by atoms with Crippen molar-refractivity contribution in [2.75, 3.05) is 6.61 Å². The van der Waals surface area contributed by atoms with Gasteiger partial charge in [-0.25, -0.2) is 0 Å². The van der Waals surface area contributed by atoms with Crippen molar-refractivity contribution in [1.29, 1.82) is 0 Å². The summed E-state index contributed by atoms with van der Waals surface area (Å²) in [5.41, 5.74) is 0. The van der Waals surface area contributed by atoms with Crippen LogP contribution < -0.4 is 0 Å². The first-order valence-corrected chi connectivity index (χ1v) is 6.29. The minimum Gasteiger partial charge on any atom is -0.393 e. The third-order valence-corrected chi connectivity index (χ3v) is 3.59. The van der Waals surface area contributed by atoms with E-state index in [9.17, 15) is 5.11 Å². The van der Waals surface area contributed by atoms with Crippen molar-refractivity contribution in [1.82, 2.24) is 0 Å². The molecule has 0 spiro atoms. The number of hydrogen-bond donors (Lipinski definition) is 1. The quantitative estimate of drug-likeness (QED) is 0.726. The molecule has 2 heteroatoms. The lowest BCUT2D eigenvalue weighted by Crippen LogP contribution is -2.26. The maximum absolute atomic E-state index is 9.38. The van der Waals surface area contributed by atoms with Crippen LogP contribution in [0.15, 0.2) is 12.2 Å². The second-order valence-corrected chi connectivity index (χ2v) is 4.91. The Kier molecular flexibility index (Phi) is 4.21. The standard InChI is InChI=1S/C13H22O2/c14-12-6-8-13(9-7-12)15-10-11-4-2-1-3-5-11/h1-2,11-14H,3-10H2. The summed E-state index contributed by atoms with van der Waals surface area (Å²) in [4.78, 5) is 0. The van der Waals surface area contributed by atoms with E-state index in [2.05, 4.69) is 12.2 Å². The van der Waals surface area contributed by atoms with Crippen LogP contribution in [0.4, 0.5) is 0 Å². The van der Waals surface area contributed by atoms with E-state index in [0.29, 0.717) is 6.10 Å². The fourth-order valence-corrected chi connectivity index (χ4v) is 2.49. The van der Waals surface area contributed by atoms with Crippen LogP contribution in [-0.2, 0) is 4.74 Å². The van der Waals surface area contributed by atoms with Gasteiger partial charge >= 0.3 is 0 Å². The fraction of sp³-hybridized carbons (Fsp3) is 0.846. The predicted molar refractivity (Wildman–Crippen MR) is 60.7 cm³/mol. The summed E-state index contributed by atoms with van der Waals surface area (Å²) in [6.07, 6.45) is 12.5. The van der Waals surface area contributed by atoms with Crippen molar-refractivity contribution in [2.45, 2.75) is 57.2 Å². The topological polar surface area (TPSA) is 29.5 Å². The molecule has 0 heterocycles. The molecule has 1 atom stereocenters. The first-order chi connectivity index (χ1) is 7.34. The first kappa shape index (κ1) is 11.2. The zero-order valence-corrected chi connectivity index (χ0v) is 9.40. The van der Waals surface area contributed by atoms with Crippen molar-refractivity contribution in [3.05, 3.63) is 12.2 Å². The summed E-state index contributed by atoms with van der Waals surface area (Å²) in [6, 6.07) is 0. The van der Waals surface area contributed by atoms with E-state index in [0.717, 1.165) is 38.2 Å². The highest BCUT2D eigenvalue weighted by Crippen LogP contribution is 2.24. The molecule has 2 aliphatic rings. The average molecular weight is 210 g/mol. The second kappa shape index (κ2) is 5.66. The van der Waals surface area contributed by atoms with Crippen molar-refractivity contribution < 1.29 is 9.84 Å². The van der Waals surface area contributed by atoms with Crippen LogP contribution in [0, 0.1) is 5.92 Å². The van der Waals surface area contributed by atoms with Crippen LogP contribution in [-0.4, -0.2) is 23.9 Å². The van der Waals surface area contributed by atoms with Gasteiger partial charge in [0.2, 0.25) is 0 Å². The number of aliphatic hydroxyl groups is 1. The van der Waals surface area contributed by atoms with Crippen LogP contribution in [0.25, 0.3) is 0 Å². The molecule has 0 aromatic carbocycles. The van der Waals surface area contributed by atoms with Gasteiger partial charge in [0, 0.05) is 0 Å². The minimum atomic E-state index is -0.0672. The molecule has 0 aromatic heterocycles. The van der Waals surface area contributed by atoms with Gasteiger partial charge in [-0.1, -0.05) is 12.2 Å². The van der Waals surface area contributed by atoms with E-state index in [4.69, 9.17) is 4.74 Å². The van der Waals surface area contributed by atoms with Crippen molar-refractivity contribution in [3.63, 3.8) is 0 Å². The molecule has 0 aliphatic heterocycles. The normalized spacial score (nSPS) is 36.7. The van der Waals surface area contributed by atoms with Gasteiger partial charge in [0.15, 0.2) is 0 Å². The van der Waals surface area contributed by atoms with Gasteiger partial charge in [0.05, 0.1) is 18.8 Å². The van der Waals surface area contributed by atoms with Gasteiger partial charge in [-0.3, -0.25) is 0 Å². The largest absolute Gasteiger partial charge is 0.393 e. The molecule has 0 radical (unpaired) electrons. The molecule has 0 amide bonds. The third kappa shape index (κ3) is 3.62. The number of aliphatic hydroxyl groups excluding tert-OH is 1. The van der Waals surface area contributed by atoms with E-state index in [1.165, 1.54) is 19.3 Å². The summed E-state index contributed by atoms with van der Waals surface area (Å²) >= 11 is 0. The van der Waals surface area contributed by atoms with Crippen molar-refractivity contribution in [3.8, 4) is 0 Å². The van der Waals surface area contributed by atoms with Crippen LogP contribution in [0.3, 0.4) is 0 Å². The van der Waals surface area contributed by atoms with Gasteiger partial charge in [-0.15, -0.1) is 0 Å². The van der Waals surface area contributed by atoms with Gasteiger partial charge < -0.3 is 9.84 Å². The van der Waals surface area contributed by atoms with Gasteiger partial charge in [0.1, 0.15) is 0 Å². The molecule has 0 saturated heterocycles. The maximum Gasteiger partial charge on any atom is 0.0577 e. The fourth-order valence-electron chi connectivity index (χ4n) is 2.49.